The van der Waals surface area contributed by atoms with Crippen LogP contribution in [0.2, 0.25) is 0 Å². The fourth-order valence-corrected chi connectivity index (χ4v) is 4.41. The third-order valence-corrected chi connectivity index (χ3v) is 5.56. The second-order valence-corrected chi connectivity index (χ2v) is 7.37. The molecule has 0 unspecified atom stereocenters. The molecule has 1 aromatic heterocycles. The number of rotatable bonds is 2. The van der Waals surface area contributed by atoms with Gasteiger partial charge in [-0.15, -0.1) is 33.3 Å². The number of carbonyl (C=O) groups is 2. The molecule has 2 aromatic carbocycles. The summed E-state index contributed by atoms with van der Waals surface area (Å²) >= 11 is 5.39. The lowest BCUT2D eigenvalue weighted by molar-refractivity contribution is -0.00742. The zero-order valence-corrected chi connectivity index (χ0v) is 14.7. The molecule has 0 atom stereocenters. The van der Waals surface area contributed by atoms with Crippen molar-refractivity contribution in [2.24, 2.45) is 0 Å². The van der Waals surface area contributed by atoms with Gasteiger partial charge in [-0.25, -0.2) is 8.42 Å². The van der Waals surface area contributed by atoms with Crippen molar-refractivity contribution in [3.63, 3.8) is 0 Å². The zero-order chi connectivity index (χ0) is 17.9. The molecule has 0 saturated heterocycles. The fraction of sp³-hybridized carbons (Fsp3) is 0. The summed E-state index contributed by atoms with van der Waals surface area (Å²) in [6.07, 6.45) is 0. The van der Waals surface area contributed by atoms with Gasteiger partial charge in [0, 0.05) is 20.4 Å². The zero-order valence-electron chi connectivity index (χ0n) is 12.1. The molecular formula is C15H7NO6S3. The Morgan fingerprint density at radius 1 is 1.00 bits per heavy atom. The maximum Gasteiger partial charge on any atom is 0.288 e. The van der Waals surface area contributed by atoms with Gasteiger partial charge in [-0.3, -0.25) is 14.4 Å². The van der Waals surface area contributed by atoms with E-state index in [4.69, 9.17) is 0 Å². The minimum atomic E-state index is -3.43. The first-order valence-corrected chi connectivity index (χ1v) is 9.18. The molecule has 7 nitrogen and oxygen atoms in total. The number of fused-ring (bicyclic) bond motifs is 4. The third-order valence-electron chi connectivity index (χ3n) is 3.78. The standard InChI is InChI=1S/C15H7NO6S3/c17-12-8-3-2-7-11(15(19)16(14(7)18)22-25(20)21)13(8)24-10-4-1-6(23)5-9(10)12/h1-5,23,25H. The molecule has 25 heavy (non-hydrogen) atoms. The first-order chi connectivity index (χ1) is 11.9. The van der Waals surface area contributed by atoms with Crippen LogP contribution < -0.4 is 5.43 Å². The summed E-state index contributed by atoms with van der Waals surface area (Å²) in [5.74, 6) is -1.79. The van der Waals surface area contributed by atoms with Crippen LogP contribution in [0.15, 0.2) is 40.0 Å². The Labute approximate surface area is 151 Å². The van der Waals surface area contributed by atoms with Crippen molar-refractivity contribution in [2.75, 3.05) is 0 Å². The molecule has 0 bridgehead atoms. The molecule has 0 aliphatic carbocycles. The van der Waals surface area contributed by atoms with E-state index in [1.165, 1.54) is 23.5 Å². The van der Waals surface area contributed by atoms with E-state index in [-0.39, 0.29) is 27.0 Å². The Hall–Kier alpha value is -2.27. The van der Waals surface area contributed by atoms with Crippen LogP contribution in [0.3, 0.4) is 0 Å². The number of hydroxylamine groups is 2. The van der Waals surface area contributed by atoms with Crippen LogP contribution in [0.25, 0.3) is 20.2 Å². The number of benzene rings is 2. The van der Waals surface area contributed by atoms with E-state index in [0.717, 1.165) is 0 Å². The highest BCUT2D eigenvalue weighted by molar-refractivity contribution is 7.80. The van der Waals surface area contributed by atoms with Crippen molar-refractivity contribution in [1.29, 1.82) is 0 Å². The summed E-state index contributed by atoms with van der Waals surface area (Å²) in [6, 6.07) is 7.81. The lowest BCUT2D eigenvalue weighted by atomic mass is 10.1. The van der Waals surface area contributed by atoms with Crippen molar-refractivity contribution in [2.45, 2.75) is 4.90 Å². The van der Waals surface area contributed by atoms with Crippen LogP contribution in [0, 0.1) is 0 Å². The number of imide groups is 1. The molecule has 1 aliphatic heterocycles. The first kappa shape index (κ1) is 16.2. The fourth-order valence-electron chi connectivity index (χ4n) is 2.74. The second-order valence-electron chi connectivity index (χ2n) is 5.19. The third kappa shape index (κ3) is 2.37. The molecule has 4 rings (SSSR count). The largest absolute Gasteiger partial charge is 0.289 e. The summed E-state index contributed by atoms with van der Waals surface area (Å²) in [5.41, 5.74) is -0.328. The number of nitrogens with zero attached hydrogens (tertiary/aromatic N) is 1. The quantitative estimate of drug-likeness (QED) is 0.391. The van der Waals surface area contributed by atoms with Crippen LogP contribution in [0.4, 0.5) is 0 Å². The highest BCUT2D eigenvalue weighted by Crippen LogP contribution is 2.34. The Morgan fingerprint density at radius 3 is 2.48 bits per heavy atom. The van der Waals surface area contributed by atoms with E-state index in [1.54, 1.807) is 18.2 Å². The van der Waals surface area contributed by atoms with E-state index in [0.29, 0.717) is 19.7 Å². The van der Waals surface area contributed by atoms with Crippen molar-refractivity contribution in [3.8, 4) is 0 Å². The molecule has 2 amide bonds. The summed E-state index contributed by atoms with van der Waals surface area (Å²) in [7, 11) is -3.43. The molecule has 0 N–H and O–H groups in total. The lowest BCUT2D eigenvalue weighted by Gasteiger charge is -2.07. The highest BCUT2D eigenvalue weighted by Gasteiger charge is 2.39. The topological polar surface area (TPSA) is 97.8 Å². The van der Waals surface area contributed by atoms with Gasteiger partial charge >= 0.3 is 0 Å². The van der Waals surface area contributed by atoms with Crippen LogP contribution in [-0.4, -0.2) is 25.3 Å². The van der Waals surface area contributed by atoms with Crippen molar-refractivity contribution >= 4 is 66.9 Å². The Morgan fingerprint density at radius 2 is 1.76 bits per heavy atom. The summed E-state index contributed by atoms with van der Waals surface area (Å²) < 4.78 is 26.7. The Bertz CT molecular complexity index is 1240. The van der Waals surface area contributed by atoms with Crippen molar-refractivity contribution < 1.29 is 22.3 Å². The molecular weight excluding hydrogens is 386 g/mol. The monoisotopic (exact) mass is 393 g/mol. The van der Waals surface area contributed by atoms with E-state index in [9.17, 15) is 22.8 Å². The number of carbonyl (C=O) groups excluding carboxylic acids is 2. The van der Waals surface area contributed by atoms with Gasteiger partial charge in [-0.05, 0) is 30.3 Å². The van der Waals surface area contributed by atoms with Gasteiger partial charge in [0.05, 0.1) is 15.8 Å². The average molecular weight is 393 g/mol. The predicted molar refractivity (Wildman–Crippen MR) is 94.8 cm³/mol. The second kappa shape index (κ2) is 5.63. The molecule has 126 valence electrons. The number of amides is 2. The Balaban J connectivity index is 2.08. The maximum atomic E-state index is 12.7. The van der Waals surface area contributed by atoms with Crippen molar-refractivity contribution in [1.82, 2.24) is 5.06 Å². The predicted octanol–water partition coefficient (Wildman–Crippen LogP) is 1.76. The van der Waals surface area contributed by atoms with Gasteiger partial charge in [0.2, 0.25) is 0 Å². The van der Waals surface area contributed by atoms with E-state index >= 15 is 0 Å². The Kier molecular flexibility index (Phi) is 3.65. The van der Waals surface area contributed by atoms with Gasteiger partial charge in [0.15, 0.2) is 5.43 Å². The average Bonchev–Trinajstić information content (AvgIpc) is 2.80. The number of thiol groups is 2. The minimum absolute atomic E-state index is 0.00448. The van der Waals surface area contributed by atoms with Gasteiger partial charge in [-0.1, -0.05) is 0 Å². The summed E-state index contributed by atoms with van der Waals surface area (Å²) in [6.45, 7) is 0. The van der Waals surface area contributed by atoms with Crippen molar-refractivity contribution in [3.05, 3.63) is 51.7 Å². The molecule has 0 radical (unpaired) electrons. The first-order valence-electron chi connectivity index (χ1n) is 6.82. The summed E-state index contributed by atoms with van der Waals surface area (Å²) in [5, 5.41) is 0.913. The van der Waals surface area contributed by atoms with Crippen LogP contribution in [0.1, 0.15) is 20.7 Å². The number of hydrogen-bond acceptors (Lipinski definition) is 8. The normalized spacial score (nSPS) is 14.1. The molecule has 2 heterocycles. The molecule has 3 aromatic rings. The highest BCUT2D eigenvalue weighted by atomic mass is 32.2. The summed E-state index contributed by atoms with van der Waals surface area (Å²) in [4.78, 5) is 38.0. The number of hydrogen-bond donors (Lipinski definition) is 2. The van der Waals surface area contributed by atoms with E-state index in [1.807, 2.05) is 0 Å². The SMILES string of the molecule is O=C1c2ccc3c(=O)c4cc(S)ccc4sc3c2C(=O)N1O[SH](=O)=O. The van der Waals surface area contributed by atoms with Gasteiger partial charge in [-0.2, -0.15) is 0 Å². The van der Waals surface area contributed by atoms with Gasteiger partial charge in [0.1, 0.15) is 0 Å². The molecule has 1 aliphatic rings. The smallest absolute Gasteiger partial charge is 0.288 e. The van der Waals surface area contributed by atoms with E-state index < -0.39 is 22.8 Å². The van der Waals surface area contributed by atoms with E-state index in [2.05, 4.69) is 16.9 Å². The van der Waals surface area contributed by atoms with Crippen LogP contribution >= 0.6 is 24.0 Å². The van der Waals surface area contributed by atoms with Gasteiger partial charge < -0.3 is 0 Å². The molecule has 0 spiro atoms. The molecule has 0 saturated carbocycles. The molecule has 0 fully saturated rings. The van der Waals surface area contributed by atoms with Crippen LogP contribution in [0.5, 0.6) is 0 Å². The van der Waals surface area contributed by atoms with Gasteiger partial charge in [0.25, 0.3) is 22.8 Å². The molecule has 10 heteroatoms. The minimum Gasteiger partial charge on any atom is -0.289 e. The van der Waals surface area contributed by atoms with Crippen LogP contribution in [-0.2, 0) is 15.3 Å². The lowest BCUT2D eigenvalue weighted by Crippen LogP contribution is -2.29. The maximum absolute atomic E-state index is 12.7.